The predicted octanol–water partition coefficient (Wildman–Crippen LogP) is 4.10. The molecule has 4 rings (SSSR count). The molecule has 0 radical (unpaired) electrons. The molecule has 2 amide bonds. The summed E-state index contributed by atoms with van der Waals surface area (Å²) in [6, 6.07) is 13.0. The Bertz CT molecular complexity index is 1180. The largest absolute Gasteiger partial charge is 0.454 e. The van der Waals surface area contributed by atoms with Crippen molar-refractivity contribution in [3.63, 3.8) is 0 Å². The average Bonchev–Trinajstić information content (AvgIpc) is 3.50. The summed E-state index contributed by atoms with van der Waals surface area (Å²) in [5.41, 5.74) is 2.69. The smallest absolute Gasteiger partial charge is 0.293 e. The van der Waals surface area contributed by atoms with Crippen molar-refractivity contribution >= 4 is 28.3 Å². The summed E-state index contributed by atoms with van der Waals surface area (Å²) in [4.78, 5) is 28.2. The maximum absolute atomic E-state index is 12.5. The van der Waals surface area contributed by atoms with E-state index in [1.54, 1.807) is 23.0 Å². The van der Waals surface area contributed by atoms with Gasteiger partial charge in [0.2, 0.25) is 5.91 Å². The van der Waals surface area contributed by atoms with Crippen molar-refractivity contribution in [1.82, 2.24) is 20.1 Å². The number of amides is 2. The Kier molecular flexibility index (Phi) is 5.94. The minimum absolute atomic E-state index is 0.0664. The van der Waals surface area contributed by atoms with Crippen LogP contribution >= 0.6 is 11.3 Å². The highest BCUT2D eigenvalue weighted by atomic mass is 32.1. The molecule has 3 heterocycles. The maximum Gasteiger partial charge on any atom is 0.293 e. The molecule has 158 valence electrons. The molecule has 8 nitrogen and oxygen atoms in total. The predicted molar refractivity (Wildman–Crippen MR) is 118 cm³/mol. The lowest BCUT2D eigenvalue weighted by atomic mass is 10.1. The van der Waals surface area contributed by atoms with Crippen LogP contribution in [0, 0.1) is 0 Å². The Morgan fingerprint density at radius 2 is 2.00 bits per heavy atom. The number of rotatable bonds is 7. The highest BCUT2D eigenvalue weighted by Crippen LogP contribution is 2.26. The van der Waals surface area contributed by atoms with Crippen molar-refractivity contribution in [1.29, 1.82) is 0 Å². The first kappa shape index (κ1) is 20.5. The third kappa shape index (κ3) is 5.07. The second kappa shape index (κ2) is 8.97. The molecule has 0 bridgehead atoms. The minimum Gasteiger partial charge on any atom is -0.454 e. The van der Waals surface area contributed by atoms with Crippen LogP contribution in [0.1, 0.15) is 41.8 Å². The molecule has 0 spiro atoms. The molecule has 4 aromatic rings. The van der Waals surface area contributed by atoms with Gasteiger partial charge in [0, 0.05) is 30.3 Å². The van der Waals surface area contributed by atoms with Crippen molar-refractivity contribution in [2.75, 3.05) is 5.32 Å². The number of thiazole rings is 1. The Balaban J connectivity index is 1.39. The van der Waals surface area contributed by atoms with Gasteiger partial charge in [0.15, 0.2) is 10.9 Å². The molecule has 2 N–H and O–H groups in total. The quantitative estimate of drug-likeness (QED) is 0.455. The number of nitrogens with one attached hydrogen (secondary N) is 2. The van der Waals surface area contributed by atoms with Gasteiger partial charge in [-0.25, -0.2) is 4.98 Å². The molecule has 31 heavy (non-hydrogen) atoms. The van der Waals surface area contributed by atoms with Crippen LogP contribution in [-0.2, 0) is 11.3 Å². The van der Waals surface area contributed by atoms with Crippen LogP contribution < -0.4 is 10.6 Å². The van der Waals surface area contributed by atoms with Crippen molar-refractivity contribution in [3.8, 4) is 11.3 Å². The molecule has 0 saturated carbocycles. The fourth-order valence-corrected chi connectivity index (χ4v) is 3.81. The normalized spacial score (nSPS) is 11.8. The van der Waals surface area contributed by atoms with Gasteiger partial charge in [-0.1, -0.05) is 24.3 Å². The number of carbonyl (C=O) groups is 2. The fourth-order valence-electron chi connectivity index (χ4n) is 3.09. The standard InChI is InChI=1S/C22H21N5O3S/c1-14(24-15(2)28)16-4-6-17(7-5-16)19-13-31-22(25-19)26-21(29)20-9-8-18(30-20)12-27-11-3-10-23-27/h3-11,13-14H,12H2,1-2H3,(H,24,28)(H,25,26,29). The second-order valence-corrected chi connectivity index (χ2v) is 7.86. The van der Waals surface area contributed by atoms with Gasteiger partial charge in [-0.3, -0.25) is 19.6 Å². The molecule has 9 heteroatoms. The molecule has 1 atom stereocenters. The Morgan fingerprint density at radius 1 is 1.19 bits per heavy atom. The summed E-state index contributed by atoms with van der Waals surface area (Å²) in [7, 11) is 0. The third-order valence-electron chi connectivity index (χ3n) is 4.61. The summed E-state index contributed by atoms with van der Waals surface area (Å²) in [6.45, 7) is 3.89. The number of furan rings is 1. The molecule has 0 fully saturated rings. The van der Waals surface area contributed by atoms with Gasteiger partial charge >= 0.3 is 0 Å². The first-order valence-electron chi connectivity index (χ1n) is 9.68. The zero-order chi connectivity index (χ0) is 21.8. The lowest BCUT2D eigenvalue weighted by Gasteiger charge is -2.12. The summed E-state index contributed by atoms with van der Waals surface area (Å²) >= 11 is 1.34. The van der Waals surface area contributed by atoms with Gasteiger partial charge in [0.25, 0.3) is 5.91 Å². The van der Waals surface area contributed by atoms with E-state index in [-0.39, 0.29) is 23.6 Å². The summed E-state index contributed by atoms with van der Waals surface area (Å²) < 4.78 is 7.34. The van der Waals surface area contributed by atoms with Crippen molar-refractivity contribution in [2.45, 2.75) is 26.4 Å². The minimum atomic E-state index is -0.355. The lowest BCUT2D eigenvalue weighted by molar-refractivity contribution is -0.119. The number of hydrogen-bond acceptors (Lipinski definition) is 6. The van der Waals surface area contributed by atoms with E-state index < -0.39 is 0 Å². The van der Waals surface area contributed by atoms with Crippen molar-refractivity contribution < 1.29 is 14.0 Å². The van der Waals surface area contributed by atoms with E-state index in [1.165, 1.54) is 18.3 Å². The fraction of sp³-hybridized carbons (Fsp3) is 0.182. The van der Waals surface area contributed by atoms with Gasteiger partial charge in [-0.15, -0.1) is 11.3 Å². The number of anilines is 1. The topological polar surface area (TPSA) is 102 Å². The van der Waals surface area contributed by atoms with Crippen LogP contribution in [-0.4, -0.2) is 26.6 Å². The molecule has 3 aromatic heterocycles. The molecule has 0 aliphatic heterocycles. The first-order valence-corrected chi connectivity index (χ1v) is 10.6. The zero-order valence-electron chi connectivity index (χ0n) is 17.0. The molecule has 0 aliphatic carbocycles. The second-order valence-electron chi connectivity index (χ2n) is 7.01. The summed E-state index contributed by atoms with van der Waals surface area (Å²) in [5, 5.41) is 12.1. The van der Waals surface area contributed by atoms with Gasteiger partial charge in [-0.05, 0) is 30.7 Å². The molecular weight excluding hydrogens is 414 g/mol. The van der Waals surface area contributed by atoms with Gasteiger partial charge in [0.05, 0.1) is 18.3 Å². The first-order chi connectivity index (χ1) is 15.0. The van der Waals surface area contributed by atoms with E-state index in [2.05, 4.69) is 20.7 Å². The zero-order valence-corrected chi connectivity index (χ0v) is 17.8. The molecular formula is C22H21N5O3S. The average molecular weight is 436 g/mol. The van der Waals surface area contributed by atoms with Crippen LogP contribution in [0.4, 0.5) is 5.13 Å². The number of carbonyl (C=O) groups excluding carboxylic acids is 2. The van der Waals surface area contributed by atoms with Crippen LogP contribution in [0.2, 0.25) is 0 Å². The van der Waals surface area contributed by atoms with Gasteiger partial charge in [0.1, 0.15) is 5.76 Å². The van der Waals surface area contributed by atoms with Crippen LogP contribution in [0.25, 0.3) is 11.3 Å². The Labute approximate surface area is 182 Å². The number of benzene rings is 1. The Hall–Kier alpha value is -3.72. The molecule has 0 aliphatic rings. The van der Waals surface area contributed by atoms with Crippen LogP contribution in [0.5, 0.6) is 0 Å². The summed E-state index contributed by atoms with van der Waals surface area (Å²) in [5.74, 6) is 0.436. The highest BCUT2D eigenvalue weighted by molar-refractivity contribution is 7.14. The number of hydrogen-bond donors (Lipinski definition) is 2. The maximum atomic E-state index is 12.5. The summed E-state index contributed by atoms with van der Waals surface area (Å²) in [6.07, 6.45) is 3.51. The van der Waals surface area contributed by atoms with Crippen LogP contribution in [0.3, 0.4) is 0 Å². The Morgan fingerprint density at radius 3 is 2.71 bits per heavy atom. The van der Waals surface area contributed by atoms with Crippen molar-refractivity contribution in [2.24, 2.45) is 0 Å². The SMILES string of the molecule is CC(=O)NC(C)c1ccc(-c2csc(NC(=O)c3ccc(Cn4cccn4)o3)n2)cc1. The van der Waals surface area contributed by atoms with Gasteiger partial charge < -0.3 is 9.73 Å². The van der Waals surface area contributed by atoms with E-state index >= 15 is 0 Å². The van der Waals surface area contributed by atoms with E-state index in [1.807, 2.05) is 48.8 Å². The highest BCUT2D eigenvalue weighted by Gasteiger charge is 2.15. The third-order valence-corrected chi connectivity index (χ3v) is 5.37. The number of aromatic nitrogens is 3. The molecule has 1 aromatic carbocycles. The molecule has 1 unspecified atom stereocenters. The van der Waals surface area contributed by atoms with E-state index in [9.17, 15) is 9.59 Å². The lowest BCUT2D eigenvalue weighted by Crippen LogP contribution is -2.23. The molecule has 0 saturated heterocycles. The van der Waals surface area contributed by atoms with Crippen LogP contribution in [0.15, 0.2) is 64.7 Å². The van der Waals surface area contributed by atoms with Crippen molar-refractivity contribution in [3.05, 3.63) is 77.3 Å². The van der Waals surface area contributed by atoms with E-state index in [0.29, 0.717) is 17.4 Å². The monoisotopic (exact) mass is 435 g/mol. The number of nitrogens with zero attached hydrogens (tertiary/aromatic N) is 3. The van der Waals surface area contributed by atoms with E-state index in [4.69, 9.17) is 4.42 Å². The van der Waals surface area contributed by atoms with E-state index in [0.717, 1.165) is 16.8 Å². The van der Waals surface area contributed by atoms with Gasteiger partial charge in [-0.2, -0.15) is 5.10 Å².